The molecule has 0 amide bonds. The Morgan fingerprint density at radius 1 is 1.50 bits per heavy atom. The van der Waals surface area contributed by atoms with Crippen molar-refractivity contribution in [1.82, 2.24) is 0 Å². The van der Waals surface area contributed by atoms with E-state index in [4.69, 9.17) is 10.5 Å². The highest BCUT2D eigenvalue weighted by molar-refractivity contribution is 5.93. The summed E-state index contributed by atoms with van der Waals surface area (Å²) in [5.41, 5.74) is 5.57. The fourth-order valence-corrected chi connectivity index (χ4v) is 2.15. The van der Waals surface area contributed by atoms with Gasteiger partial charge in [-0.2, -0.15) is 0 Å². The first-order valence-corrected chi connectivity index (χ1v) is 6.34. The van der Waals surface area contributed by atoms with Gasteiger partial charge < -0.3 is 10.5 Å². The first-order chi connectivity index (χ1) is 7.77. The molecule has 0 saturated heterocycles. The molecule has 0 bridgehead atoms. The standard InChI is InChI=1S/C13H23NO2/c1-2-4-11(8-9-14)6-7-12(15)13-5-3-10-16-13/h5,11H,2-4,6-10,14H2,1H3. The van der Waals surface area contributed by atoms with Crippen molar-refractivity contribution < 1.29 is 9.53 Å². The number of Topliss-reactive ketones (excluding diaryl/α,β-unsaturated/α-hetero) is 1. The van der Waals surface area contributed by atoms with Gasteiger partial charge in [-0.3, -0.25) is 4.79 Å². The van der Waals surface area contributed by atoms with Crippen LogP contribution < -0.4 is 5.73 Å². The minimum Gasteiger partial charge on any atom is -0.490 e. The van der Waals surface area contributed by atoms with E-state index in [0.29, 0.717) is 24.7 Å². The number of hydrogen-bond donors (Lipinski definition) is 1. The van der Waals surface area contributed by atoms with E-state index in [1.807, 2.05) is 6.08 Å². The lowest BCUT2D eigenvalue weighted by Gasteiger charge is -2.14. The molecular formula is C13H23NO2. The molecule has 0 aromatic carbocycles. The lowest BCUT2D eigenvalue weighted by Crippen LogP contribution is -2.11. The van der Waals surface area contributed by atoms with Gasteiger partial charge in [0.05, 0.1) is 6.61 Å². The van der Waals surface area contributed by atoms with E-state index in [1.54, 1.807) is 0 Å². The summed E-state index contributed by atoms with van der Waals surface area (Å²) < 4.78 is 5.25. The number of carbonyl (C=O) groups excluding carboxylic acids is 1. The van der Waals surface area contributed by atoms with Gasteiger partial charge in [0.2, 0.25) is 0 Å². The minimum atomic E-state index is 0.163. The second-order valence-electron chi connectivity index (χ2n) is 4.40. The average molecular weight is 225 g/mol. The van der Waals surface area contributed by atoms with Crippen molar-refractivity contribution in [3.05, 3.63) is 11.8 Å². The van der Waals surface area contributed by atoms with Gasteiger partial charge in [-0.15, -0.1) is 0 Å². The number of ether oxygens (including phenoxy) is 1. The maximum Gasteiger partial charge on any atom is 0.197 e. The monoisotopic (exact) mass is 225 g/mol. The van der Waals surface area contributed by atoms with Crippen molar-refractivity contribution in [3.8, 4) is 0 Å². The Hall–Kier alpha value is -0.830. The molecule has 0 aliphatic carbocycles. The molecule has 1 unspecified atom stereocenters. The smallest absolute Gasteiger partial charge is 0.197 e. The normalized spacial score (nSPS) is 16.8. The summed E-state index contributed by atoms with van der Waals surface area (Å²) in [6.45, 7) is 3.56. The van der Waals surface area contributed by atoms with Crippen LogP contribution in [0.25, 0.3) is 0 Å². The maximum absolute atomic E-state index is 11.7. The Balaban J connectivity index is 2.27. The van der Waals surface area contributed by atoms with Crippen LogP contribution in [0.4, 0.5) is 0 Å². The van der Waals surface area contributed by atoms with Crippen molar-refractivity contribution in [2.24, 2.45) is 11.7 Å². The van der Waals surface area contributed by atoms with E-state index in [0.717, 1.165) is 32.2 Å². The third kappa shape index (κ3) is 4.35. The first kappa shape index (κ1) is 13.2. The van der Waals surface area contributed by atoms with Crippen LogP contribution in [-0.4, -0.2) is 18.9 Å². The Morgan fingerprint density at radius 2 is 2.31 bits per heavy atom. The number of hydrogen-bond acceptors (Lipinski definition) is 3. The molecule has 92 valence electrons. The quantitative estimate of drug-likeness (QED) is 0.690. The van der Waals surface area contributed by atoms with E-state index in [9.17, 15) is 4.79 Å². The molecule has 1 aliphatic rings. The topological polar surface area (TPSA) is 52.3 Å². The van der Waals surface area contributed by atoms with Crippen LogP contribution in [0.5, 0.6) is 0 Å². The third-order valence-electron chi connectivity index (χ3n) is 3.03. The lowest BCUT2D eigenvalue weighted by atomic mass is 9.93. The van der Waals surface area contributed by atoms with Crippen LogP contribution in [0.3, 0.4) is 0 Å². The summed E-state index contributed by atoms with van der Waals surface area (Å²) in [6, 6.07) is 0. The number of nitrogens with two attached hydrogens (primary N) is 1. The molecule has 1 aliphatic heterocycles. The second-order valence-corrected chi connectivity index (χ2v) is 4.40. The molecule has 0 spiro atoms. The summed E-state index contributed by atoms with van der Waals surface area (Å²) >= 11 is 0. The van der Waals surface area contributed by atoms with E-state index >= 15 is 0 Å². The summed E-state index contributed by atoms with van der Waals surface area (Å²) in [5.74, 6) is 1.35. The fraction of sp³-hybridized carbons (Fsp3) is 0.769. The van der Waals surface area contributed by atoms with Crippen molar-refractivity contribution in [2.75, 3.05) is 13.2 Å². The van der Waals surface area contributed by atoms with Crippen molar-refractivity contribution in [1.29, 1.82) is 0 Å². The Kier molecular flexibility index (Phi) is 6.16. The maximum atomic E-state index is 11.7. The van der Waals surface area contributed by atoms with Gasteiger partial charge in [0, 0.05) is 12.8 Å². The van der Waals surface area contributed by atoms with Crippen molar-refractivity contribution in [2.45, 2.75) is 45.4 Å². The van der Waals surface area contributed by atoms with E-state index in [1.165, 1.54) is 6.42 Å². The summed E-state index contributed by atoms with van der Waals surface area (Å²) in [5, 5.41) is 0. The van der Waals surface area contributed by atoms with Crippen molar-refractivity contribution in [3.63, 3.8) is 0 Å². The van der Waals surface area contributed by atoms with Gasteiger partial charge in [-0.1, -0.05) is 19.8 Å². The molecule has 0 radical (unpaired) electrons. The minimum absolute atomic E-state index is 0.163. The van der Waals surface area contributed by atoms with Gasteiger partial charge in [0.25, 0.3) is 0 Å². The molecule has 0 aromatic heterocycles. The van der Waals surface area contributed by atoms with Gasteiger partial charge in [0.15, 0.2) is 11.5 Å². The van der Waals surface area contributed by atoms with Crippen LogP contribution in [0, 0.1) is 5.92 Å². The predicted molar refractivity (Wildman–Crippen MR) is 65.0 cm³/mol. The Bertz CT molecular complexity index is 242. The lowest BCUT2D eigenvalue weighted by molar-refractivity contribution is -0.118. The average Bonchev–Trinajstić information content (AvgIpc) is 2.79. The Labute approximate surface area is 98.0 Å². The number of rotatable bonds is 8. The first-order valence-electron chi connectivity index (χ1n) is 6.34. The Morgan fingerprint density at radius 3 is 2.88 bits per heavy atom. The second kappa shape index (κ2) is 7.44. The number of carbonyl (C=O) groups is 1. The molecule has 0 aromatic rings. The molecular weight excluding hydrogens is 202 g/mol. The number of ketones is 1. The zero-order valence-corrected chi connectivity index (χ0v) is 10.2. The highest BCUT2D eigenvalue weighted by Crippen LogP contribution is 2.20. The van der Waals surface area contributed by atoms with Crippen LogP contribution in [0.1, 0.15) is 45.4 Å². The van der Waals surface area contributed by atoms with Crippen LogP contribution in [0.2, 0.25) is 0 Å². The van der Waals surface area contributed by atoms with Crippen LogP contribution in [0.15, 0.2) is 11.8 Å². The zero-order chi connectivity index (χ0) is 11.8. The molecule has 1 heterocycles. The van der Waals surface area contributed by atoms with Gasteiger partial charge in [0.1, 0.15) is 0 Å². The van der Waals surface area contributed by atoms with Crippen LogP contribution >= 0.6 is 0 Å². The fourth-order valence-electron chi connectivity index (χ4n) is 2.15. The molecule has 2 N–H and O–H groups in total. The molecule has 1 atom stereocenters. The van der Waals surface area contributed by atoms with Crippen molar-refractivity contribution >= 4 is 5.78 Å². The number of allylic oxidation sites excluding steroid dienone is 1. The highest BCUT2D eigenvalue weighted by Gasteiger charge is 2.16. The van der Waals surface area contributed by atoms with Gasteiger partial charge in [-0.25, -0.2) is 0 Å². The summed E-state index contributed by atoms with van der Waals surface area (Å²) in [6.07, 6.45) is 7.70. The predicted octanol–water partition coefficient (Wildman–Crippen LogP) is 2.41. The van der Waals surface area contributed by atoms with Crippen LogP contribution in [-0.2, 0) is 9.53 Å². The third-order valence-corrected chi connectivity index (χ3v) is 3.03. The highest BCUT2D eigenvalue weighted by atomic mass is 16.5. The molecule has 0 saturated carbocycles. The van der Waals surface area contributed by atoms with E-state index in [-0.39, 0.29) is 5.78 Å². The van der Waals surface area contributed by atoms with E-state index in [2.05, 4.69) is 6.92 Å². The molecule has 16 heavy (non-hydrogen) atoms. The zero-order valence-electron chi connectivity index (χ0n) is 10.2. The molecule has 3 nitrogen and oxygen atoms in total. The summed E-state index contributed by atoms with van der Waals surface area (Å²) in [7, 11) is 0. The van der Waals surface area contributed by atoms with Gasteiger partial charge in [-0.05, 0) is 31.4 Å². The van der Waals surface area contributed by atoms with Gasteiger partial charge >= 0.3 is 0 Å². The molecule has 1 rings (SSSR count). The SMILES string of the molecule is CCCC(CCN)CCC(=O)C1=CCCO1. The van der Waals surface area contributed by atoms with E-state index < -0.39 is 0 Å². The largest absolute Gasteiger partial charge is 0.490 e. The summed E-state index contributed by atoms with van der Waals surface area (Å²) in [4.78, 5) is 11.7. The molecule has 3 heteroatoms. The molecule has 0 fully saturated rings.